The van der Waals surface area contributed by atoms with E-state index in [4.69, 9.17) is 4.74 Å². The van der Waals surface area contributed by atoms with Crippen LogP contribution in [0.4, 0.5) is 23.7 Å². The van der Waals surface area contributed by atoms with Gasteiger partial charge in [-0.2, -0.15) is 4.99 Å². The molecule has 1 fully saturated rings. The van der Waals surface area contributed by atoms with E-state index in [1.54, 1.807) is 25.8 Å². The number of benzene rings is 3. The molecular weight excluding hydrogens is 617 g/mol. The first-order valence-corrected chi connectivity index (χ1v) is 15.5. The number of allylic oxidation sites excluding steroid dienone is 1. The number of nitrogens with zero attached hydrogens (tertiary/aromatic N) is 5. The van der Waals surface area contributed by atoms with Crippen LogP contribution in [0.3, 0.4) is 0 Å². The molecular formula is C33H33F3N6O3S. The molecule has 3 aromatic carbocycles. The molecule has 0 spiro atoms. The van der Waals surface area contributed by atoms with E-state index in [2.05, 4.69) is 43.9 Å². The number of carbonyl (C=O) groups is 1. The molecule has 0 aliphatic carbocycles. The molecule has 1 aliphatic heterocycles. The van der Waals surface area contributed by atoms with Crippen molar-refractivity contribution in [1.29, 1.82) is 0 Å². The monoisotopic (exact) mass is 650 g/mol. The predicted octanol–water partition coefficient (Wildman–Crippen LogP) is 8.03. The van der Waals surface area contributed by atoms with Gasteiger partial charge in [0.05, 0.1) is 12.8 Å². The molecule has 1 aliphatic rings. The summed E-state index contributed by atoms with van der Waals surface area (Å²) in [5, 5.41) is 7.96. The van der Waals surface area contributed by atoms with Crippen molar-refractivity contribution in [2.24, 2.45) is 4.99 Å². The summed E-state index contributed by atoms with van der Waals surface area (Å²) in [7, 11) is 1.65. The molecule has 0 bridgehead atoms. The summed E-state index contributed by atoms with van der Waals surface area (Å²) in [6.45, 7) is 6.83. The molecule has 9 nitrogen and oxygen atoms in total. The second-order valence-electron chi connectivity index (χ2n) is 10.8. The van der Waals surface area contributed by atoms with Gasteiger partial charge in [0.2, 0.25) is 0 Å². The Kier molecular flexibility index (Phi) is 10.0. The van der Waals surface area contributed by atoms with Gasteiger partial charge in [0.25, 0.3) is 0 Å². The first-order valence-electron chi connectivity index (χ1n) is 14.5. The highest BCUT2D eigenvalue weighted by Crippen LogP contribution is 2.35. The van der Waals surface area contributed by atoms with Crippen LogP contribution in [0.2, 0.25) is 0 Å². The van der Waals surface area contributed by atoms with Crippen molar-refractivity contribution < 1.29 is 27.4 Å². The van der Waals surface area contributed by atoms with E-state index in [0.717, 1.165) is 46.8 Å². The summed E-state index contributed by atoms with van der Waals surface area (Å²) in [4.78, 5) is 23.8. The molecule has 46 heavy (non-hydrogen) atoms. The van der Waals surface area contributed by atoms with Gasteiger partial charge in [-0.1, -0.05) is 49.9 Å². The zero-order valence-corrected chi connectivity index (χ0v) is 26.5. The van der Waals surface area contributed by atoms with Crippen LogP contribution in [-0.2, 0) is 0 Å². The van der Waals surface area contributed by atoms with Crippen molar-refractivity contribution >= 4 is 34.7 Å². The summed E-state index contributed by atoms with van der Waals surface area (Å²) in [6.07, 6.45) is -0.458. The zero-order valence-electron chi connectivity index (χ0n) is 25.7. The SMILES string of the molecule is COc1ccc(N2CCCSC2=NC(=O)N/C(C)=C/c2ccc(-c3ncn(-c4ccc(OC(F)(F)F)cc4)n3)cc2)c(C(C)C)c1. The molecule has 1 saturated heterocycles. The van der Waals surface area contributed by atoms with E-state index < -0.39 is 12.4 Å². The molecule has 1 N–H and O–H groups in total. The van der Waals surface area contributed by atoms with Crippen molar-refractivity contribution in [3.05, 3.63) is 89.9 Å². The Bertz CT molecular complexity index is 1730. The highest BCUT2D eigenvalue weighted by Gasteiger charge is 2.31. The van der Waals surface area contributed by atoms with Crippen LogP contribution in [0.5, 0.6) is 11.5 Å². The summed E-state index contributed by atoms with van der Waals surface area (Å²) in [6, 6.07) is 18.3. The number of rotatable bonds is 8. The van der Waals surface area contributed by atoms with Crippen LogP contribution in [0.15, 0.2) is 83.7 Å². The van der Waals surface area contributed by atoms with Gasteiger partial charge >= 0.3 is 12.4 Å². The molecule has 5 rings (SSSR count). The predicted molar refractivity (Wildman–Crippen MR) is 175 cm³/mol. The van der Waals surface area contributed by atoms with E-state index in [-0.39, 0.29) is 11.7 Å². The summed E-state index contributed by atoms with van der Waals surface area (Å²) in [5.74, 6) is 2.06. The van der Waals surface area contributed by atoms with Crippen LogP contribution in [-0.4, -0.2) is 51.7 Å². The van der Waals surface area contributed by atoms with Crippen LogP contribution in [0.25, 0.3) is 23.2 Å². The molecule has 2 amide bonds. The molecule has 0 atom stereocenters. The number of methoxy groups -OCH3 is 1. The van der Waals surface area contributed by atoms with Crippen molar-refractivity contribution in [2.45, 2.75) is 39.5 Å². The fourth-order valence-corrected chi connectivity index (χ4v) is 5.81. The lowest BCUT2D eigenvalue weighted by molar-refractivity contribution is -0.274. The second-order valence-corrected chi connectivity index (χ2v) is 11.8. The van der Waals surface area contributed by atoms with Gasteiger partial charge in [-0.25, -0.2) is 14.5 Å². The van der Waals surface area contributed by atoms with E-state index in [1.165, 1.54) is 35.3 Å². The number of amides is 2. The van der Waals surface area contributed by atoms with E-state index in [9.17, 15) is 18.0 Å². The number of hydrogen-bond donors (Lipinski definition) is 1. The molecule has 0 unspecified atom stereocenters. The number of ether oxygens (including phenoxy) is 2. The number of alkyl halides is 3. The number of nitrogens with one attached hydrogen (secondary N) is 1. The average molecular weight is 651 g/mol. The second kappa shape index (κ2) is 14.1. The van der Waals surface area contributed by atoms with Gasteiger partial charge in [0, 0.05) is 29.2 Å². The number of halogens is 3. The van der Waals surface area contributed by atoms with Gasteiger partial charge in [-0.05, 0) is 78.9 Å². The smallest absolute Gasteiger partial charge is 0.497 e. The lowest BCUT2D eigenvalue weighted by Crippen LogP contribution is -2.36. The maximum atomic E-state index is 13.0. The van der Waals surface area contributed by atoms with Crippen LogP contribution in [0.1, 0.15) is 44.2 Å². The third kappa shape index (κ3) is 8.27. The van der Waals surface area contributed by atoms with Crippen LogP contribution in [0, 0.1) is 0 Å². The third-order valence-electron chi connectivity index (χ3n) is 7.02. The fourth-order valence-electron chi connectivity index (χ4n) is 4.86. The third-order valence-corrected chi connectivity index (χ3v) is 8.08. The van der Waals surface area contributed by atoms with Crippen LogP contribution >= 0.6 is 11.8 Å². The Morgan fingerprint density at radius 1 is 1.07 bits per heavy atom. The Morgan fingerprint density at radius 2 is 1.78 bits per heavy atom. The number of carbonyl (C=O) groups excluding carboxylic acids is 1. The highest BCUT2D eigenvalue weighted by molar-refractivity contribution is 8.14. The number of hydrogen-bond acceptors (Lipinski definition) is 6. The first-order chi connectivity index (χ1) is 22.0. The van der Waals surface area contributed by atoms with E-state index >= 15 is 0 Å². The topological polar surface area (TPSA) is 93.9 Å². The maximum Gasteiger partial charge on any atom is 0.573 e. The zero-order chi connectivity index (χ0) is 32.8. The minimum absolute atomic E-state index is 0.262. The number of urea groups is 1. The van der Waals surface area contributed by atoms with Crippen LogP contribution < -0.4 is 19.7 Å². The van der Waals surface area contributed by atoms with Gasteiger partial charge in [0.1, 0.15) is 17.8 Å². The van der Waals surface area contributed by atoms with E-state index in [0.29, 0.717) is 22.4 Å². The highest BCUT2D eigenvalue weighted by atomic mass is 32.2. The molecule has 240 valence electrons. The lowest BCUT2D eigenvalue weighted by atomic mass is 10.00. The molecule has 4 aromatic rings. The molecule has 0 saturated carbocycles. The molecule has 13 heteroatoms. The van der Waals surface area contributed by atoms with E-state index in [1.807, 2.05) is 48.5 Å². The van der Waals surface area contributed by atoms with Gasteiger partial charge in [-0.3, -0.25) is 0 Å². The number of thioether (sulfide) groups is 1. The fraction of sp³-hybridized carbons (Fsp3) is 0.273. The minimum atomic E-state index is -4.76. The largest absolute Gasteiger partial charge is 0.573 e. The Hall–Kier alpha value is -4.78. The minimum Gasteiger partial charge on any atom is -0.497 e. The number of amidine groups is 1. The van der Waals surface area contributed by atoms with Crippen molar-refractivity contribution in [3.63, 3.8) is 0 Å². The van der Waals surface area contributed by atoms with Crippen molar-refractivity contribution in [1.82, 2.24) is 20.1 Å². The molecule has 2 heterocycles. The standard InChI is InChI=1S/C33H33F3N6O3S/c1-21(2)28-19-27(44-4)14-15-29(28)41-16-5-17-46-32(41)39-31(43)38-22(3)18-23-6-8-24(9-7-23)30-37-20-42(40-30)25-10-12-26(13-11-25)45-33(34,35)36/h6-15,18-21H,5,16-17H2,1-4H3,(H,38,43)/b22-18+,39-32?. The average Bonchev–Trinajstić information content (AvgIpc) is 3.51. The maximum absolute atomic E-state index is 13.0. The van der Waals surface area contributed by atoms with Gasteiger partial charge in [0.15, 0.2) is 11.0 Å². The number of aromatic nitrogens is 3. The Morgan fingerprint density at radius 3 is 2.46 bits per heavy atom. The summed E-state index contributed by atoms with van der Waals surface area (Å²) < 4.78 is 48.1. The van der Waals surface area contributed by atoms with Crippen molar-refractivity contribution in [2.75, 3.05) is 24.3 Å². The Labute approximate surface area is 269 Å². The molecule has 1 aromatic heterocycles. The normalized spacial score (nSPS) is 14.9. The lowest BCUT2D eigenvalue weighted by Gasteiger charge is -2.32. The number of aliphatic imine (C=N–C) groups is 1. The van der Waals surface area contributed by atoms with Gasteiger partial charge in [-0.15, -0.1) is 18.3 Å². The summed E-state index contributed by atoms with van der Waals surface area (Å²) in [5.41, 5.74) is 4.90. The summed E-state index contributed by atoms with van der Waals surface area (Å²) >= 11 is 1.56. The van der Waals surface area contributed by atoms with Gasteiger partial charge < -0.3 is 19.7 Å². The quantitative estimate of drug-likeness (QED) is 0.206. The first kappa shape index (κ1) is 32.6. The molecule has 0 radical (unpaired) electrons. The Balaban J connectivity index is 1.24. The number of anilines is 1. The van der Waals surface area contributed by atoms with Crippen molar-refractivity contribution in [3.8, 4) is 28.6 Å².